The zero-order valence-electron chi connectivity index (χ0n) is 12.9. The van der Waals surface area contributed by atoms with Gasteiger partial charge in [-0.3, -0.25) is 4.79 Å². The second-order valence-corrected chi connectivity index (χ2v) is 5.92. The molecule has 122 valence electrons. The number of rotatable bonds is 4. The molecule has 0 aromatic heterocycles. The van der Waals surface area contributed by atoms with Gasteiger partial charge in [0.15, 0.2) is 0 Å². The second-order valence-electron chi connectivity index (χ2n) is 5.48. The summed E-state index contributed by atoms with van der Waals surface area (Å²) >= 11 is 5.85. The Labute approximate surface area is 144 Å². The minimum atomic E-state index is -0.815. The molecule has 1 aliphatic heterocycles. The van der Waals surface area contributed by atoms with Crippen LogP contribution in [0.25, 0.3) is 0 Å². The van der Waals surface area contributed by atoms with E-state index < -0.39 is 17.8 Å². The van der Waals surface area contributed by atoms with E-state index in [0.29, 0.717) is 29.3 Å². The van der Waals surface area contributed by atoms with Gasteiger partial charge in [-0.1, -0.05) is 23.7 Å². The number of hydrogen-bond donors (Lipinski definition) is 0. The van der Waals surface area contributed by atoms with Crippen molar-refractivity contribution in [1.29, 1.82) is 5.26 Å². The van der Waals surface area contributed by atoms with E-state index in [-0.39, 0.29) is 5.56 Å². The first-order valence-corrected chi connectivity index (χ1v) is 7.75. The molecule has 2 aromatic carbocycles. The van der Waals surface area contributed by atoms with Crippen molar-refractivity contribution in [2.24, 2.45) is 0 Å². The third-order valence-corrected chi connectivity index (χ3v) is 4.34. The molecule has 1 unspecified atom stereocenters. The van der Waals surface area contributed by atoms with Crippen LogP contribution in [-0.2, 0) is 6.42 Å². The van der Waals surface area contributed by atoms with Crippen molar-refractivity contribution in [2.45, 2.75) is 12.5 Å². The topological polar surface area (TPSA) is 53.3 Å². The van der Waals surface area contributed by atoms with E-state index in [9.17, 15) is 14.4 Å². The van der Waals surface area contributed by atoms with E-state index in [1.54, 1.807) is 18.2 Å². The highest BCUT2D eigenvalue weighted by Crippen LogP contribution is 2.37. The Balaban J connectivity index is 1.87. The van der Waals surface area contributed by atoms with E-state index in [4.69, 9.17) is 16.3 Å². The van der Waals surface area contributed by atoms with Crippen molar-refractivity contribution < 1.29 is 13.9 Å². The van der Waals surface area contributed by atoms with Crippen molar-refractivity contribution >= 4 is 17.5 Å². The van der Waals surface area contributed by atoms with Gasteiger partial charge in [-0.05, 0) is 30.2 Å². The molecule has 1 atom stereocenters. The number of benzene rings is 2. The van der Waals surface area contributed by atoms with Crippen LogP contribution in [0.1, 0.15) is 27.5 Å². The molecule has 0 bridgehead atoms. The lowest BCUT2D eigenvalue weighted by atomic mass is 10.0. The molecule has 24 heavy (non-hydrogen) atoms. The van der Waals surface area contributed by atoms with Gasteiger partial charge in [0.25, 0.3) is 5.91 Å². The molecule has 6 heteroatoms. The molecule has 0 saturated carbocycles. The summed E-state index contributed by atoms with van der Waals surface area (Å²) in [5.41, 5.74) is 1.30. The average Bonchev–Trinajstić information content (AvgIpc) is 2.86. The first-order chi connectivity index (χ1) is 11.5. The quantitative estimate of drug-likeness (QED) is 0.848. The van der Waals surface area contributed by atoms with Gasteiger partial charge in [-0.2, -0.15) is 5.26 Å². The molecule has 1 heterocycles. The van der Waals surface area contributed by atoms with Gasteiger partial charge in [0.2, 0.25) is 0 Å². The molecular formula is C18H14ClFN2O2. The zero-order valence-corrected chi connectivity index (χ0v) is 13.7. The number of nitrogens with zero attached hydrogens (tertiary/aromatic N) is 2. The number of nitriles is 1. The van der Waals surface area contributed by atoms with Crippen LogP contribution < -0.4 is 4.74 Å². The van der Waals surface area contributed by atoms with Gasteiger partial charge in [-0.25, -0.2) is 4.39 Å². The number of carbonyl (C=O) groups is 1. The molecule has 4 nitrogen and oxygen atoms in total. The summed E-state index contributed by atoms with van der Waals surface area (Å²) in [5.74, 6) is -0.840. The van der Waals surface area contributed by atoms with Crippen LogP contribution in [0.5, 0.6) is 5.75 Å². The molecule has 2 aromatic rings. The summed E-state index contributed by atoms with van der Waals surface area (Å²) in [6.45, 7) is 0.315. The first-order valence-electron chi connectivity index (χ1n) is 7.37. The number of hydrogen-bond acceptors (Lipinski definition) is 3. The van der Waals surface area contributed by atoms with Crippen LogP contribution in [0.15, 0.2) is 36.4 Å². The molecule has 0 N–H and O–H groups in total. The van der Waals surface area contributed by atoms with E-state index in [2.05, 4.69) is 6.07 Å². The summed E-state index contributed by atoms with van der Waals surface area (Å²) in [4.78, 5) is 13.9. The highest BCUT2D eigenvalue weighted by Gasteiger charge is 2.39. The van der Waals surface area contributed by atoms with Crippen LogP contribution in [0.3, 0.4) is 0 Å². The Morgan fingerprint density at radius 1 is 1.33 bits per heavy atom. The molecule has 3 rings (SSSR count). The van der Waals surface area contributed by atoms with Gasteiger partial charge in [0.1, 0.15) is 17.6 Å². The number of carbonyl (C=O) groups excluding carboxylic acids is 1. The minimum Gasteiger partial charge on any atom is -0.497 e. The van der Waals surface area contributed by atoms with Crippen LogP contribution in [0, 0.1) is 17.1 Å². The second kappa shape index (κ2) is 6.50. The summed E-state index contributed by atoms with van der Waals surface area (Å²) in [7, 11) is 1.41. The minimum absolute atomic E-state index is 0.0431. The van der Waals surface area contributed by atoms with Crippen LogP contribution in [0.2, 0.25) is 5.02 Å². The average molecular weight is 345 g/mol. The van der Waals surface area contributed by atoms with E-state index in [0.717, 1.165) is 11.6 Å². The van der Waals surface area contributed by atoms with Gasteiger partial charge in [0, 0.05) is 23.2 Å². The first kappa shape index (κ1) is 16.3. The van der Waals surface area contributed by atoms with Crippen LogP contribution >= 0.6 is 11.6 Å². The van der Waals surface area contributed by atoms with Crippen molar-refractivity contribution in [3.63, 3.8) is 0 Å². The molecule has 1 aliphatic rings. The molecule has 0 saturated heterocycles. The van der Waals surface area contributed by atoms with E-state index >= 15 is 0 Å². The predicted molar refractivity (Wildman–Crippen MR) is 87.5 cm³/mol. The van der Waals surface area contributed by atoms with Gasteiger partial charge >= 0.3 is 0 Å². The van der Waals surface area contributed by atoms with Gasteiger partial charge < -0.3 is 9.64 Å². The molecule has 1 amide bonds. The Hall–Kier alpha value is -2.58. The lowest BCUT2D eigenvalue weighted by Gasteiger charge is -2.20. The Bertz CT molecular complexity index is 830. The largest absolute Gasteiger partial charge is 0.497 e. The molecule has 0 spiro atoms. The molecule has 0 aliphatic carbocycles. The maximum atomic E-state index is 14.2. The Kier molecular flexibility index (Phi) is 4.41. The number of ether oxygens (including phenoxy) is 1. The smallest absolute Gasteiger partial charge is 0.258 e. The lowest BCUT2D eigenvalue weighted by Crippen LogP contribution is -2.29. The SMILES string of the molecule is COc1cc(F)c2c(c1)C(C#N)N(CCc1ccc(Cl)cc1)C2=O. The van der Waals surface area contributed by atoms with Crippen LogP contribution in [-0.4, -0.2) is 24.5 Å². The highest BCUT2D eigenvalue weighted by molar-refractivity contribution is 6.30. The van der Waals surface area contributed by atoms with Gasteiger partial charge in [0.05, 0.1) is 18.7 Å². The van der Waals surface area contributed by atoms with Crippen molar-refractivity contribution in [1.82, 2.24) is 4.90 Å². The normalized spacial score (nSPS) is 16.0. The molecule has 0 fully saturated rings. The maximum absolute atomic E-state index is 14.2. The number of halogens is 2. The third-order valence-electron chi connectivity index (χ3n) is 4.09. The zero-order chi connectivity index (χ0) is 17.3. The summed E-state index contributed by atoms with van der Waals surface area (Å²) < 4.78 is 19.3. The van der Waals surface area contributed by atoms with E-state index in [1.165, 1.54) is 12.0 Å². The third kappa shape index (κ3) is 2.81. The van der Waals surface area contributed by atoms with Gasteiger partial charge in [-0.15, -0.1) is 0 Å². The molecular weight excluding hydrogens is 331 g/mol. The van der Waals surface area contributed by atoms with Crippen molar-refractivity contribution in [3.05, 3.63) is 63.9 Å². The Morgan fingerprint density at radius 3 is 2.67 bits per heavy atom. The predicted octanol–water partition coefficient (Wildman–Crippen LogP) is 3.75. The standard InChI is InChI=1S/C18H14ClFN2O2/c1-24-13-8-14-16(10-21)22(18(23)17(14)15(20)9-13)7-6-11-2-4-12(19)5-3-11/h2-5,8-9,16H,6-7H2,1H3. The summed E-state index contributed by atoms with van der Waals surface area (Å²) in [5, 5.41) is 10.1. The summed E-state index contributed by atoms with van der Waals surface area (Å²) in [6.07, 6.45) is 0.549. The van der Waals surface area contributed by atoms with E-state index in [1.807, 2.05) is 12.1 Å². The summed E-state index contributed by atoms with van der Waals surface area (Å²) in [6, 6.07) is 11.2. The Morgan fingerprint density at radius 2 is 2.04 bits per heavy atom. The highest BCUT2D eigenvalue weighted by atomic mass is 35.5. The maximum Gasteiger partial charge on any atom is 0.258 e. The fourth-order valence-electron chi connectivity index (χ4n) is 2.86. The lowest BCUT2D eigenvalue weighted by molar-refractivity contribution is 0.0756. The fraction of sp³-hybridized carbons (Fsp3) is 0.222. The molecule has 0 radical (unpaired) electrons. The number of methoxy groups -OCH3 is 1. The number of fused-ring (bicyclic) bond motifs is 1. The van der Waals surface area contributed by atoms with Crippen LogP contribution in [0.4, 0.5) is 4.39 Å². The van der Waals surface area contributed by atoms with Crippen molar-refractivity contribution in [3.8, 4) is 11.8 Å². The van der Waals surface area contributed by atoms with Crippen molar-refractivity contribution in [2.75, 3.05) is 13.7 Å². The number of amides is 1. The fourth-order valence-corrected chi connectivity index (χ4v) is 2.99. The monoisotopic (exact) mass is 344 g/mol.